The second kappa shape index (κ2) is 5.17. The van der Waals surface area contributed by atoms with Crippen LogP contribution in [0.4, 0.5) is 8.78 Å². The van der Waals surface area contributed by atoms with Crippen LogP contribution >= 0.6 is 0 Å². The zero-order valence-corrected chi connectivity index (χ0v) is 11.2. The zero-order chi connectivity index (χ0) is 14.9. The molecule has 0 fully saturated rings. The van der Waals surface area contributed by atoms with Gasteiger partial charge in [0.2, 0.25) is 10.0 Å². The maximum atomic E-state index is 13.7. The predicted octanol–water partition coefficient (Wildman–Crippen LogP) is 0.925. The number of nitrogens with two attached hydrogens (primary N) is 1. The van der Waals surface area contributed by atoms with Crippen LogP contribution in [0.15, 0.2) is 29.4 Å². The topological polar surface area (TPSA) is 87.2 Å². The van der Waals surface area contributed by atoms with Crippen molar-refractivity contribution in [3.63, 3.8) is 0 Å². The number of benzene rings is 1. The molecule has 0 saturated heterocycles. The van der Waals surface area contributed by atoms with Gasteiger partial charge >= 0.3 is 0 Å². The lowest BCUT2D eigenvalue weighted by Crippen LogP contribution is -2.15. The number of primary sulfonamides is 1. The first-order valence-electron chi connectivity index (χ1n) is 5.40. The highest BCUT2D eigenvalue weighted by Crippen LogP contribution is 2.28. The summed E-state index contributed by atoms with van der Waals surface area (Å²) in [6.07, 6.45) is 3.14. The van der Waals surface area contributed by atoms with Crippen molar-refractivity contribution in [3.05, 3.63) is 42.0 Å². The Morgan fingerprint density at radius 3 is 2.65 bits per heavy atom. The van der Waals surface area contributed by atoms with Crippen molar-refractivity contribution in [2.45, 2.75) is 11.5 Å². The van der Waals surface area contributed by atoms with Crippen LogP contribution in [0.25, 0.3) is 0 Å². The highest BCUT2D eigenvalue weighted by atomic mass is 32.2. The molecule has 0 bridgehead atoms. The minimum absolute atomic E-state index is 0.186. The van der Waals surface area contributed by atoms with Crippen molar-refractivity contribution in [1.29, 1.82) is 0 Å². The largest absolute Gasteiger partial charge is 0.481 e. The van der Waals surface area contributed by atoms with Gasteiger partial charge in [0.25, 0.3) is 0 Å². The van der Waals surface area contributed by atoms with Crippen LogP contribution in [0.3, 0.4) is 0 Å². The normalized spacial score (nSPS) is 11.6. The average Bonchev–Trinajstić information content (AvgIpc) is 2.72. The Morgan fingerprint density at radius 2 is 2.10 bits per heavy atom. The second-order valence-corrected chi connectivity index (χ2v) is 5.53. The molecule has 2 aromatic rings. The zero-order valence-electron chi connectivity index (χ0n) is 10.4. The molecular weight excluding hydrogens is 292 g/mol. The lowest BCUT2D eigenvalue weighted by atomic mass is 10.3. The number of aryl methyl sites for hydroxylation is 1. The first-order chi connectivity index (χ1) is 9.29. The molecular formula is C11H11F2N3O3S. The molecule has 0 atom stereocenters. The maximum absolute atomic E-state index is 13.7. The number of nitrogens with zero attached hydrogens (tertiary/aromatic N) is 2. The standard InChI is InChI=1S/C11H11F2N3O3S/c1-16-3-2-15-10(16)6-19-11-8(13)4-7(12)5-9(11)20(14,17)18/h2-5H,6H2,1H3,(H2,14,17,18). The van der Waals surface area contributed by atoms with Crippen molar-refractivity contribution in [3.8, 4) is 5.75 Å². The van der Waals surface area contributed by atoms with Crippen LogP contribution < -0.4 is 9.88 Å². The Balaban J connectivity index is 2.38. The smallest absolute Gasteiger partial charge is 0.241 e. The van der Waals surface area contributed by atoms with Crippen LogP contribution in [0.5, 0.6) is 5.75 Å². The Morgan fingerprint density at radius 1 is 1.40 bits per heavy atom. The molecule has 0 amide bonds. The average molecular weight is 303 g/mol. The highest BCUT2D eigenvalue weighted by molar-refractivity contribution is 7.89. The molecule has 1 aromatic carbocycles. The summed E-state index contributed by atoms with van der Waals surface area (Å²) in [5, 5.41) is 4.91. The molecule has 2 rings (SSSR count). The molecule has 1 heterocycles. The van der Waals surface area contributed by atoms with E-state index in [0.717, 1.165) is 0 Å². The number of aromatic nitrogens is 2. The van der Waals surface area contributed by atoms with E-state index >= 15 is 0 Å². The van der Waals surface area contributed by atoms with Gasteiger partial charge in [-0.05, 0) is 6.07 Å². The van der Waals surface area contributed by atoms with E-state index in [-0.39, 0.29) is 6.61 Å². The lowest BCUT2D eigenvalue weighted by molar-refractivity contribution is 0.268. The van der Waals surface area contributed by atoms with E-state index in [2.05, 4.69) is 4.98 Å². The fraction of sp³-hybridized carbons (Fsp3) is 0.182. The van der Waals surface area contributed by atoms with Crippen molar-refractivity contribution >= 4 is 10.0 Å². The van der Waals surface area contributed by atoms with Gasteiger partial charge < -0.3 is 9.30 Å². The van der Waals surface area contributed by atoms with Gasteiger partial charge in [-0.2, -0.15) is 0 Å². The van der Waals surface area contributed by atoms with Crippen LogP contribution in [0.1, 0.15) is 5.82 Å². The number of halogens is 2. The number of hydrogen-bond acceptors (Lipinski definition) is 4. The molecule has 0 aliphatic carbocycles. The maximum Gasteiger partial charge on any atom is 0.241 e. The van der Waals surface area contributed by atoms with Crippen molar-refractivity contribution in [2.75, 3.05) is 0 Å². The van der Waals surface area contributed by atoms with Crippen molar-refractivity contribution in [2.24, 2.45) is 12.2 Å². The summed E-state index contributed by atoms with van der Waals surface area (Å²) in [5.41, 5.74) is 0. The molecule has 0 aliphatic rings. The summed E-state index contributed by atoms with van der Waals surface area (Å²) < 4.78 is 56.1. The van der Waals surface area contributed by atoms with E-state index in [1.807, 2.05) is 0 Å². The number of sulfonamides is 1. The fourth-order valence-electron chi connectivity index (χ4n) is 1.56. The van der Waals surface area contributed by atoms with E-state index in [9.17, 15) is 17.2 Å². The lowest BCUT2D eigenvalue weighted by Gasteiger charge is -2.11. The summed E-state index contributed by atoms with van der Waals surface area (Å²) in [5.74, 6) is -2.40. The van der Waals surface area contributed by atoms with Crippen LogP contribution in [0.2, 0.25) is 0 Å². The van der Waals surface area contributed by atoms with Gasteiger partial charge in [-0.15, -0.1) is 0 Å². The van der Waals surface area contributed by atoms with Gasteiger partial charge in [0.15, 0.2) is 11.6 Å². The predicted molar refractivity (Wildman–Crippen MR) is 65.3 cm³/mol. The summed E-state index contributed by atoms with van der Waals surface area (Å²) in [7, 11) is -2.62. The van der Waals surface area contributed by atoms with E-state index < -0.39 is 32.3 Å². The number of imidazole rings is 1. The van der Waals surface area contributed by atoms with Gasteiger partial charge in [-0.1, -0.05) is 0 Å². The molecule has 6 nitrogen and oxygen atoms in total. The molecule has 108 valence electrons. The molecule has 0 saturated carbocycles. The third kappa shape index (κ3) is 2.94. The Labute approximate surface area is 113 Å². The molecule has 0 radical (unpaired) electrons. The summed E-state index contributed by atoms with van der Waals surface area (Å²) in [4.78, 5) is 3.18. The fourth-order valence-corrected chi connectivity index (χ4v) is 2.25. The van der Waals surface area contributed by atoms with Crippen LogP contribution in [-0.2, 0) is 23.7 Å². The Bertz CT molecular complexity index is 743. The van der Waals surface area contributed by atoms with Crippen LogP contribution in [0, 0.1) is 11.6 Å². The number of hydrogen-bond donors (Lipinski definition) is 1. The third-order valence-electron chi connectivity index (χ3n) is 2.55. The second-order valence-electron chi connectivity index (χ2n) is 4.00. The number of ether oxygens (including phenoxy) is 1. The Kier molecular flexibility index (Phi) is 3.73. The molecule has 0 aliphatic heterocycles. The number of rotatable bonds is 4. The SMILES string of the molecule is Cn1ccnc1COc1c(F)cc(F)cc1S(N)(=O)=O. The monoisotopic (exact) mass is 303 g/mol. The first kappa shape index (κ1) is 14.4. The molecule has 0 spiro atoms. The first-order valence-corrected chi connectivity index (χ1v) is 6.94. The van der Waals surface area contributed by atoms with Gasteiger partial charge in [-0.3, -0.25) is 0 Å². The van der Waals surface area contributed by atoms with Crippen molar-refractivity contribution < 1.29 is 21.9 Å². The van der Waals surface area contributed by atoms with Gasteiger partial charge in [0.05, 0.1) is 0 Å². The Hall–Kier alpha value is -2.00. The van der Waals surface area contributed by atoms with Crippen LogP contribution in [-0.4, -0.2) is 18.0 Å². The third-order valence-corrected chi connectivity index (χ3v) is 3.46. The van der Waals surface area contributed by atoms with E-state index in [4.69, 9.17) is 9.88 Å². The quantitative estimate of drug-likeness (QED) is 0.910. The van der Waals surface area contributed by atoms with E-state index in [0.29, 0.717) is 18.0 Å². The highest BCUT2D eigenvalue weighted by Gasteiger charge is 2.21. The van der Waals surface area contributed by atoms with E-state index in [1.54, 1.807) is 17.8 Å². The minimum Gasteiger partial charge on any atom is -0.481 e. The molecule has 2 N–H and O–H groups in total. The van der Waals surface area contributed by atoms with E-state index in [1.165, 1.54) is 6.20 Å². The minimum atomic E-state index is -4.31. The van der Waals surface area contributed by atoms with Crippen molar-refractivity contribution in [1.82, 2.24) is 9.55 Å². The summed E-state index contributed by atoms with van der Waals surface area (Å²) in [6, 6.07) is 1.12. The molecule has 20 heavy (non-hydrogen) atoms. The van der Waals surface area contributed by atoms with Gasteiger partial charge in [0, 0.05) is 25.5 Å². The molecule has 9 heteroatoms. The van der Waals surface area contributed by atoms with Gasteiger partial charge in [0.1, 0.15) is 23.1 Å². The summed E-state index contributed by atoms with van der Waals surface area (Å²) >= 11 is 0. The molecule has 1 aromatic heterocycles. The van der Waals surface area contributed by atoms with Gasteiger partial charge in [-0.25, -0.2) is 27.3 Å². The summed E-state index contributed by atoms with van der Waals surface area (Å²) in [6.45, 7) is -0.186. The molecule has 0 unspecified atom stereocenters.